The molecule has 0 aromatic heterocycles. The molecule has 1 heterocycles. The molecule has 1 aliphatic rings. The van der Waals surface area contributed by atoms with E-state index < -0.39 is 27.4 Å². The van der Waals surface area contributed by atoms with Crippen LogP contribution in [0.2, 0.25) is 5.02 Å². The van der Waals surface area contributed by atoms with Gasteiger partial charge in [0, 0.05) is 13.6 Å². The molecule has 0 fully saturated rings. The summed E-state index contributed by atoms with van der Waals surface area (Å²) in [7, 11) is -0.812. The van der Waals surface area contributed by atoms with Crippen LogP contribution in [-0.2, 0) is 27.8 Å². The van der Waals surface area contributed by atoms with Crippen LogP contribution in [0.4, 0.5) is 5.69 Å². The van der Waals surface area contributed by atoms with Gasteiger partial charge in [-0.3, -0.25) is 9.27 Å². The molecule has 2 aromatic carbocycles. The number of likely N-dealkylation sites (N-methyl/N-ethyl adjacent to an activating group) is 1. The van der Waals surface area contributed by atoms with Crippen LogP contribution in [0.15, 0.2) is 41.3 Å². The minimum atomic E-state index is -3.98. The maximum atomic E-state index is 12.7. The van der Waals surface area contributed by atoms with E-state index in [9.17, 15) is 17.7 Å². The number of ether oxygens (including phenoxy) is 2. The Morgan fingerprint density at radius 2 is 1.97 bits per heavy atom. The van der Waals surface area contributed by atoms with Gasteiger partial charge < -0.3 is 14.6 Å². The van der Waals surface area contributed by atoms with Crippen LogP contribution in [0.3, 0.4) is 0 Å². The Balaban J connectivity index is 1.64. The zero-order valence-electron chi connectivity index (χ0n) is 17.2. The molecule has 0 saturated heterocycles. The highest BCUT2D eigenvalue weighted by molar-refractivity contribution is 7.89. The highest BCUT2D eigenvalue weighted by Gasteiger charge is 2.32. The number of methoxy groups -OCH3 is 1. The number of sulfonamides is 1. The first-order chi connectivity index (χ1) is 15.1. The first-order valence-corrected chi connectivity index (χ1v) is 12.2. The number of aliphatic hydroxyl groups is 1. The predicted octanol–water partition coefficient (Wildman–Crippen LogP) is 1.19. The lowest BCUT2D eigenvalue weighted by Gasteiger charge is -2.36. The van der Waals surface area contributed by atoms with Crippen molar-refractivity contribution in [1.29, 1.82) is 0 Å². The van der Waals surface area contributed by atoms with Crippen LogP contribution >= 0.6 is 11.6 Å². The molecule has 176 valence electrons. The van der Waals surface area contributed by atoms with Crippen molar-refractivity contribution in [3.05, 3.63) is 47.0 Å². The summed E-state index contributed by atoms with van der Waals surface area (Å²) in [4.78, 5) is 2.33. The number of nitrogens with zero attached hydrogens (tertiary/aromatic N) is 2. The molecular formula is C18H23ClN4O7S2. The smallest absolute Gasteiger partial charge is 0.259 e. The van der Waals surface area contributed by atoms with E-state index in [-0.39, 0.29) is 35.3 Å². The Morgan fingerprint density at radius 3 is 2.59 bits per heavy atom. The van der Waals surface area contributed by atoms with Crippen LogP contribution in [-0.4, -0.2) is 65.8 Å². The largest absolute Gasteiger partial charge is 0.497 e. The monoisotopic (exact) mass is 506 g/mol. The molecule has 3 rings (SSSR count). The van der Waals surface area contributed by atoms with E-state index in [0.717, 1.165) is 0 Å². The molecular weight excluding hydrogens is 484 g/mol. The highest BCUT2D eigenvalue weighted by atomic mass is 35.5. The lowest BCUT2D eigenvalue weighted by molar-refractivity contribution is -0.0669. The van der Waals surface area contributed by atoms with Crippen LogP contribution in [0.1, 0.15) is 5.56 Å². The normalized spacial score (nSPS) is 17.4. The SMILES string of the molecule is COc1ccc(OCC(O)CN(C)N2Cc3cc(Cl)c(NS(=O)O)cc3S(=O)(=O)N2)cc1. The van der Waals surface area contributed by atoms with Gasteiger partial charge in [0.1, 0.15) is 24.2 Å². The van der Waals surface area contributed by atoms with Crippen LogP contribution in [0.5, 0.6) is 11.5 Å². The number of halogens is 1. The number of nitrogens with one attached hydrogen (secondary N) is 2. The Hall–Kier alpha value is -1.97. The van der Waals surface area contributed by atoms with Gasteiger partial charge in [-0.15, -0.1) is 4.83 Å². The third-order valence-electron chi connectivity index (χ3n) is 4.57. The Labute approximate surface area is 193 Å². The third kappa shape index (κ3) is 6.08. The molecule has 11 nitrogen and oxygen atoms in total. The summed E-state index contributed by atoms with van der Waals surface area (Å²) in [6, 6.07) is 9.50. The van der Waals surface area contributed by atoms with Gasteiger partial charge in [0.05, 0.1) is 29.3 Å². The number of anilines is 1. The van der Waals surface area contributed by atoms with E-state index in [2.05, 4.69) is 9.55 Å². The van der Waals surface area contributed by atoms with Gasteiger partial charge in [0.2, 0.25) is 0 Å². The quantitative estimate of drug-likeness (QED) is 0.369. The lowest BCUT2D eigenvalue weighted by atomic mass is 10.2. The average molecular weight is 507 g/mol. The second-order valence-electron chi connectivity index (χ2n) is 6.92. The predicted molar refractivity (Wildman–Crippen MR) is 119 cm³/mol. The van der Waals surface area contributed by atoms with Gasteiger partial charge >= 0.3 is 0 Å². The van der Waals surface area contributed by atoms with Gasteiger partial charge in [-0.2, -0.15) is 5.12 Å². The highest BCUT2D eigenvalue weighted by Crippen LogP contribution is 2.32. The van der Waals surface area contributed by atoms with Crippen LogP contribution in [0, 0.1) is 0 Å². The fraction of sp³-hybridized carbons (Fsp3) is 0.333. The van der Waals surface area contributed by atoms with Crippen molar-refractivity contribution in [2.75, 3.05) is 32.0 Å². The van der Waals surface area contributed by atoms with E-state index in [1.807, 2.05) is 0 Å². The van der Waals surface area contributed by atoms with Crippen molar-refractivity contribution in [2.45, 2.75) is 17.5 Å². The number of rotatable bonds is 9. The molecule has 0 saturated carbocycles. The number of hydrogen-bond donors (Lipinski definition) is 4. The Morgan fingerprint density at radius 1 is 1.31 bits per heavy atom. The van der Waals surface area contributed by atoms with Crippen molar-refractivity contribution in [3.8, 4) is 11.5 Å². The number of benzene rings is 2. The zero-order valence-corrected chi connectivity index (χ0v) is 19.6. The summed E-state index contributed by atoms with van der Waals surface area (Å²) in [5.74, 6) is 1.24. The third-order valence-corrected chi connectivity index (χ3v) is 6.69. The number of hydrazine groups is 2. The standard InChI is InChI=1S/C18H23ClN4O7S2/c1-22(10-13(24)11-30-15-5-3-14(29-2)4-6-15)23-9-12-7-16(19)17(20-31(25)26)8-18(12)32(27,28)21-23/h3-8,13,20-21,24H,9-11H2,1-2H3,(H,25,26). The summed E-state index contributed by atoms with van der Waals surface area (Å²) in [6.07, 6.45) is -0.914. The fourth-order valence-corrected chi connectivity index (χ4v) is 5.00. The molecule has 2 aromatic rings. The van der Waals surface area contributed by atoms with E-state index in [0.29, 0.717) is 17.1 Å². The van der Waals surface area contributed by atoms with Crippen LogP contribution < -0.4 is 19.0 Å². The second kappa shape index (κ2) is 10.3. The van der Waals surface area contributed by atoms with E-state index in [1.165, 1.54) is 22.3 Å². The van der Waals surface area contributed by atoms with Gasteiger partial charge in [-0.1, -0.05) is 11.6 Å². The molecule has 0 spiro atoms. The molecule has 2 unspecified atom stereocenters. The molecule has 14 heteroatoms. The number of fused-ring (bicyclic) bond motifs is 1. The van der Waals surface area contributed by atoms with Crippen molar-refractivity contribution in [1.82, 2.24) is 15.0 Å². The van der Waals surface area contributed by atoms with E-state index in [1.54, 1.807) is 38.4 Å². The average Bonchev–Trinajstić information content (AvgIpc) is 2.72. The van der Waals surface area contributed by atoms with Gasteiger partial charge in [-0.25, -0.2) is 17.6 Å². The maximum Gasteiger partial charge on any atom is 0.259 e. The minimum Gasteiger partial charge on any atom is -0.497 e. The summed E-state index contributed by atoms with van der Waals surface area (Å²) >= 11 is 3.70. The maximum absolute atomic E-state index is 12.7. The first-order valence-electron chi connectivity index (χ1n) is 9.25. The van der Waals surface area contributed by atoms with Gasteiger partial charge in [0.15, 0.2) is 0 Å². The Bertz CT molecular complexity index is 1090. The first kappa shape index (κ1) is 24.7. The fourth-order valence-electron chi connectivity index (χ4n) is 3.03. The summed E-state index contributed by atoms with van der Waals surface area (Å²) < 4.78 is 58.2. The molecule has 32 heavy (non-hydrogen) atoms. The van der Waals surface area contributed by atoms with Gasteiger partial charge in [0.25, 0.3) is 21.3 Å². The Kier molecular flexibility index (Phi) is 7.95. The zero-order chi connectivity index (χ0) is 23.5. The summed E-state index contributed by atoms with van der Waals surface area (Å²) in [5.41, 5.74) is 0.406. The molecule has 1 aliphatic heterocycles. The van der Waals surface area contributed by atoms with Crippen molar-refractivity contribution in [3.63, 3.8) is 0 Å². The molecule has 0 amide bonds. The second-order valence-corrected chi connectivity index (χ2v) is 9.66. The van der Waals surface area contributed by atoms with Crippen molar-refractivity contribution < 1.29 is 31.8 Å². The van der Waals surface area contributed by atoms with Gasteiger partial charge in [-0.05, 0) is 42.0 Å². The minimum absolute atomic E-state index is 0.00694. The molecule has 4 N–H and O–H groups in total. The number of hydrogen-bond acceptors (Lipinski definition) is 8. The summed E-state index contributed by atoms with van der Waals surface area (Å²) in [5, 5.41) is 13.2. The van der Waals surface area contributed by atoms with E-state index in [4.69, 9.17) is 25.6 Å². The molecule has 0 radical (unpaired) electrons. The van der Waals surface area contributed by atoms with Crippen LogP contribution in [0.25, 0.3) is 0 Å². The topological polar surface area (TPSA) is 141 Å². The number of aliphatic hydroxyl groups excluding tert-OH is 1. The lowest BCUT2D eigenvalue weighted by Crippen LogP contribution is -2.55. The summed E-state index contributed by atoms with van der Waals surface area (Å²) in [6.45, 7) is 0.192. The van der Waals surface area contributed by atoms with Crippen molar-refractivity contribution in [2.24, 2.45) is 0 Å². The van der Waals surface area contributed by atoms with Crippen molar-refractivity contribution >= 4 is 38.6 Å². The molecule has 0 aliphatic carbocycles. The molecule has 0 bridgehead atoms. The van der Waals surface area contributed by atoms with E-state index >= 15 is 0 Å². The molecule has 2 atom stereocenters.